The average Bonchev–Trinajstić information content (AvgIpc) is 3.08. The molecule has 0 bridgehead atoms. The Labute approximate surface area is 116 Å². The molecule has 2 N–H and O–H groups in total. The molecule has 4 rings (SSSR count). The molecule has 0 saturated heterocycles. The summed E-state index contributed by atoms with van der Waals surface area (Å²) in [5.74, 6) is 0.691. The van der Waals surface area contributed by atoms with Crippen molar-refractivity contribution >= 4 is 11.1 Å². The van der Waals surface area contributed by atoms with Crippen LogP contribution in [-0.4, -0.2) is 14.8 Å². The molecule has 102 valence electrons. The first kappa shape index (κ1) is 11.7. The molecule has 20 heavy (non-hydrogen) atoms. The lowest BCUT2D eigenvalue weighted by Crippen LogP contribution is -2.01. The predicted molar refractivity (Wildman–Crippen MR) is 76.2 cm³/mol. The van der Waals surface area contributed by atoms with Gasteiger partial charge >= 0.3 is 0 Å². The molecule has 3 aromatic rings. The van der Waals surface area contributed by atoms with Crippen LogP contribution in [0.15, 0.2) is 22.6 Å². The standard InChI is InChI=1S/C15H16N4O/c1-9-17-11-5-4-10(7-14(11)20-9)15-12(8-16)18-19-6-2-3-13(15)19/h4-5,7H,2-3,6,8,16H2,1H3. The zero-order valence-electron chi connectivity index (χ0n) is 11.4. The van der Waals surface area contributed by atoms with Crippen LogP contribution in [0.4, 0.5) is 0 Å². The molecule has 0 saturated carbocycles. The number of hydrogen-bond acceptors (Lipinski definition) is 4. The van der Waals surface area contributed by atoms with Gasteiger partial charge in [-0.2, -0.15) is 5.10 Å². The minimum atomic E-state index is 0.461. The van der Waals surface area contributed by atoms with Crippen molar-refractivity contribution in [2.45, 2.75) is 32.9 Å². The summed E-state index contributed by atoms with van der Waals surface area (Å²) in [7, 11) is 0. The molecule has 5 nitrogen and oxygen atoms in total. The summed E-state index contributed by atoms with van der Waals surface area (Å²) in [6, 6.07) is 6.13. The summed E-state index contributed by atoms with van der Waals surface area (Å²) in [5, 5.41) is 4.62. The molecular weight excluding hydrogens is 252 g/mol. The van der Waals surface area contributed by atoms with Gasteiger partial charge in [-0.1, -0.05) is 6.07 Å². The smallest absolute Gasteiger partial charge is 0.192 e. The van der Waals surface area contributed by atoms with Gasteiger partial charge in [0.25, 0.3) is 0 Å². The van der Waals surface area contributed by atoms with Crippen molar-refractivity contribution in [1.82, 2.24) is 14.8 Å². The fraction of sp³-hybridized carbons (Fsp3) is 0.333. The highest BCUT2D eigenvalue weighted by atomic mass is 16.3. The zero-order valence-corrected chi connectivity index (χ0v) is 11.4. The van der Waals surface area contributed by atoms with Gasteiger partial charge in [0.15, 0.2) is 11.5 Å². The maximum absolute atomic E-state index is 5.85. The van der Waals surface area contributed by atoms with E-state index in [0.29, 0.717) is 12.4 Å². The van der Waals surface area contributed by atoms with E-state index < -0.39 is 0 Å². The first-order chi connectivity index (χ1) is 9.76. The van der Waals surface area contributed by atoms with Gasteiger partial charge in [-0.15, -0.1) is 0 Å². The number of nitrogens with two attached hydrogens (primary N) is 1. The second-order valence-corrected chi connectivity index (χ2v) is 5.21. The van der Waals surface area contributed by atoms with Crippen LogP contribution in [0.1, 0.15) is 23.7 Å². The molecule has 2 aromatic heterocycles. The number of aryl methyl sites for hydroxylation is 2. The van der Waals surface area contributed by atoms with Crippen LogP contribution in [0, 0.1) is 6.92 Å². The molecule has 0 radical (unpaired) electrons. The summed E-state index contributed by atoms with van der Waals surface area (Å²) in [4.78, 5) is 4.34. The lowest BCUT2D eigenvalue weighted by atomic mass is 10.0. The highest BCUT2D eigenvalue weighted by Crippen LogP contribution is 2.33. The SMILES string of the molecule is Cc1nc2ccc(-c3c(CN)nn4c3CCC4)cc2o1. The van der Waals surface area contributed by atoms with Crippen LogP contribution in [0.25, 0.3) is 22.2 Å². The van der Waals surface area contributed by atoms with Crippen LogP contribution in [-0.2, 0) is 19.5 Å². The molecule has 0 spiro atoms. The molecule has 0 amide bonds. The lowest BCUT2D eigenvalue weighted by molar-refractivity contribution is 0.561. The molecule has 5 heteroatoms. The van der Waals surface area contributed by atoms with E-state index in [4.69, 9.17) is 10.2 Å². The van der Waals surface area contributed by atoms with E-state index in [1.807, 2.05) is 19.1 Å². The summed E-state index contributed by atoms with van der Waals surface area (Å²) in [6.07, 6.45) is 2.22. The molecule has 1 aromatic carbocycles. The Kier molecular flexibility index (Phi) is 2.44. The van der Waals surface area contributed by atoms with Crippen molar-refractivity contribution in [2.24, 2.45) is 5.73 Å². The number of oxazole rings is 1. The number of nitrogens with zero attached hydrogens (tertiary/aromatic N) is 3. The molecular formula is C15H16N4O. The van der Waals surface area contributed by atoms with Gasteiger partial charge in [0.05, 0.1) is 5.69 Å². The van der Waals surface area contributed by atoms with Gasteiger partial charge in [0.2, 0.25) is 0 Å². The Morgan fingerprint density at radius 2 is 2.30 bits per heavy atom. The van der Waals surface area contributed by atoms with Crippen molar-refractivity contribution in [1.29, 1.82) is 0 Å². The van der Waals surface area contributed by atoms with Crippen LogP contribution >= 0.6 is 0 Å². The number of aromatic nitrogens is 3. The molecule has 0 unspecified atom stereocenters. The summed E-state index contributed by atoms with van der Waals surface area (Å²) in [5.41, 5.74) is 12.1. The van der Waals surface area contributed by atoms with Gasteiger partial charge in [-0.3, -0.25) is 4.68 Å². The van der Waals surface area contributed by atoms with Gasteiger partial charge in [0.1, 0.15) is 5.52 Å². The fourth-order valence-corrected chi connectivity index (χ4v) is 3.06. The van der Waals surface area contributed by atoms with Crippen LogP contribution in [0.2, 0.25) is 0 Å². The minimum Gasteiger partial charge on any atom is -0.441 e. The average molecular weight is 268 g/mol. The Hall–Kier alpha value is -2.14. The Morgan fingerprint density at radius 3 is 3.15 bits per heavy atom. The van der Waals surface area contributed by atoms with Crippen molar-refractivity contribution < 1.29 is 4.42 Å². The first-order valence-electron chi connectivity index (χ1n) is 6.92. The van der Waals surface area contributed by atoms with Gasteiger partial charge < -0.3 is 10.2 Å². The van der Waals surface area contributed by atoms with E-state index in [1.165, 1.54) is 11.3 Å². The van der Waals surface area contributed by atoms with Crippen LogP contribution in [0.5, 0.6) is 0 Å². The second-order valence-electron chi connectivity index (χ2n) is 5.21. The zero-order chi connectivity index (χ0) is 13.7. The first-order valence-corrected chi connectivity index (χ1v) is 6.92. The Bertz CT molecular complexity index is 800. The van der Waals surface area contributed by atoms with E-state index in [9.17, 15) is 0 Å². The predicted octanol–water partition coefficient (Wildman–Crippen LogP) is 2.40. The van der Waals surface area contributed by atoms with Gasteiger partial charge in [0, 0.05) is 31.3 Å². The lowest BCUT2D eigenvalue weighted by Gasteiger charge is -2.03. The topological polar surface area (TPSA) is 69.9 Å². The third kappa shape index (κ3) is 1.59. The number of hydrogen-bond donors (Lipinski definition) is 1. The third-order valence-corrected chi connectivity index (χ3v) is 3.89. The van der Waals surface area contributed by atoms with Crippen LogP contribution < -0.4 is 5.73 Å². The van der Waals surface area contributed by atoms with E-state index in [1.54, 1.807) is 0 Å². The van der Waals surface area contributed by atoms with E-state index >= 15 is 0 Å². The van der Waals surface area contributed by atoms with Crippen LogP contribution in [0.3, 0.4) is 0 Å². The molecule has 0 aliphatic carbocycles. The monoisotopic (exact) mass is 268 g/mol. The molecule has 0 fully saturated rings. The number of fused-ring (bicyclic) bond motifs is 2. The third-order valence-electron chi connectivity index (χ3n) is 3.89. The second kappa shape index (κ2) is 4.18. The molecule has 1 aliphatic heterocycles. The maximum atomic E-state index is 5.85. The largest absolute Gasteiger partial charge is 0.441 e. The van der Waals surface area contributed by atoms with E-state index in [-0.39, 0.29) is 0 Å². The minimum absolute atomic E-state index is 0.461. The highest BCUT2D eigenvalue weighted by Gasteiger charge is 2.22. The Morgan fingerprint density at radius 1 is 1.40 bits per heavy atom. The summed E-state index contributed by atoms with van der Waals surface area (Å²) < 4.78 is 7.72. The number of benzene rings is 1. The quantitative estimate of drug-likeness (QED) is 0.774. The molecule has 1 aliphatic rings. The molecule has 3 heterocycles. The Balaban J connectivity index is 1.94. The van der Waals surface area contributed by atoms with Crippen molar-refractivity contribution in [2.75, 3.05) is 0 Å². The maximum Gasteiger partial charge on any atom is 0.192 e. The fourth-order valence-electron chi connectivity index (χ4n) is 3.06. The van der Waals surface area contributed by atoms with Crippen molar-refractivity contribution in [3.8, 4) is 11.1 Å². The van der Waals surface area contributed by atoms with Gasteiger partial charge in [-0.05, 0) is 30.5 Å². The van der Waals surface area contributed by atoms with Gasteiger partial charge in [-0.25, -0.2) is 4.98 Å². The summed E-state index contributed by atoms with van der Waals surface area (Å²) in [6.45, 7) is 3.32. The normalized spacial score (nSPS) is 14.1. The van der Waals surface area contributed by atoms with Crippen molar-refractivity contribution in [3.05, 3.63) is 35.5 Å². The summed E-state index contributed by atoms with van der Waals surface area (Å²) >= 11 is 0. The van der Waals surface area contributed by atoms with Crippen molar-refractivity contribution in [3.63, 3.8) is 0 Å². The van der Waals surface area contributed by atoms with E-state index in [2.05, 4.69) is 20.8 Å². The number of rotatable bonds is 2. The highest BCUT2D eigenvalue weighted by molar-refractivity contribution is 5.81. The molecule has 0 atom stereocenters. The van der Waals surface area contributed by atoms with E-state index in [0.717, 1.165) is 41.7 Å².